The number of thioether (sulfide) groups is 1. The lowest BCUT2D eigenvalue weighted by molar-refractivity contribution is -0.116. The van der Waals surface area contributed by atoms with E-state index >= 15 is 0 Å². The smallest absolute Gasteiger partial charge is 0.226 e. The van der Waals surface area contributed by atoms with Crippen LogP contribution < -0.4 is 10.1 Å². The van der Waals surface area contributed by atoms with Crippen LogP contribution in [0.5, 0.6) is 5.75 Å². The van der Waals surface area contributed by atoms with Crippen molar-refractivity contribution in [3.05, 3.63) is 65.7 Å². The van der Waals surface area contributed by atoms with Gasteiger partial charge in [0.15, 0.2) is 4.34 Å². The number of para-hydroxylation sites is 1. The summed E-state index contributed by atoms with van der Waals surface area (Å²) in [4.78, 5) is 12.2. The third-order valence-electron chi connectivity index (χ3n) is 3.75. The van der Waals surface area contributed by atoms with Gasteiger partial charge in [-0.1, -0.05) is 71.6 Å². The lowest BCUT2D eigenvalue weighted by Crippen LogP contribution is -2.12. The van der Waals surface area contributed by atoms with Gasteiger partial charge in [0, 0.05) is 12.2 Å². The van der Waals surface area contributed by atoms with Crippen molar-refractivity contribution >= 4 is 34.1 Å². The molecular weight excluding hydrogens is 378 g/mol. The highest BCUT2D eigenvalue weighted by molar-refractivity contribution is 8.00. The summed E-state index contributed by atoms with van der Waals surface area (Å²) in [6.07, 6.45) is 0.993. The van der Waals surface area contributed by atoms with Gasteiger partial charge in [-0.05, 0) is 30.5 Å². The van der Waals surface area contributed by atoms with Gasteiger partial charge in [0.25, 0.3) is 0 Å². The third kappa shape index (κ3) is 6.08. The molecule has 1 heterocycles. The molecule has 0 atom stereocenters. The Hall–Kier alpha value is -2.38. The number of hydrogen-bond acceptors (Lipinski definition) is 6. The maximum Gasteiger partial charge on any atom is 0.226 e. The molecule has 1 N–H and O–H groups in total. The van der Waals surface area contributed by atoms with Crippen LogP contribution >= 0.6 is 23.1 Å². The molecule has 0 fully saturated rings. The van der Waals surface area contributed by atoms with E-state index in [1.807, 2.05) is 49.4 Å². The quantitative estimate of drug-likeness (QED) is 0.414. The van der Waals surface area contributed by atoms with Gasteiger partial charge in [0.1, 0.15) is 5.75 Å². The molecule has 0 unspecified atom stereocenters. The Bertz CT molecular complexity index is 868. The number of benzene rings is 2. The lowest BCUT2D eigenvalue weighted by atomic mass is 10.1. The first-order valence-corrected chi connectivity index (χ1v) is 10.6. The van der Waals surface area contributed by atoms with E-state index < -0.39 is 0 Å². The van der Waals surface area contributed by atoms with Crippen LogP contribution in [0.3, 0.4) is 0 Å². The number of carbonyl (C=O) groups excluding carboxylic acids is 1. The number of nitrogens with one attached hydrogen (secondary N) is 1. The number of rotatable bonds is 9. The van der Waals surface area contributed by atoms with Gasteiger partial charge in [-0.15, -0.1) is 10.2 Å². The van der Waals surface area contributed by atoms with Gasteiger partial charge in [0.2, 0.25) is 11.0 Å². The van der Waals surface area contributed by atoms with Crippen LogP contribution in [0.25, 0.3) is 0 Å². The molecule has 27 heavy (non-hydrogen) atoms. The first-order chi connectivity index (χ1) is 13.2. The van der Waals surface area contributed by atoms with E-state index in [1.54, 1.807) is 11.8 Å². The van der Waals surface area contributed by atoms with Crippen LogP contribution in [0, 0.1) is 0 Å². The number of aryl methyl sites for hydroxylation is 1. The van der Waals surface area contributed by atoms with Crippen molar-refractivity contribution in [2.45, 2.75) is 29.9 Å². The highest BCUT2D eigenvalue weighted by Crippen LogP contribution is 2.28. The zero-order chi connectivity index (χ0) is 18.9. The largest absolute Gasteiger partial charge is 0.494 e. The second-order valence-corrected chi connectivity index (χ2v) is 7.94. The molecule has 0 spiro atoms. The summed E-state index contributed by atoms with van der Waals surface area (Å²) in [5.74, 6) is 1.60. The summed E-state index contributed by atoms with van der Waals surface area (Å²) in [6.45, 7) is 2.56. The summed E-state index contributed by atoms with van der Waals surface area (Å²) < 4.78 is 6.44. The number of hydrogen-bond donors (Lipinski definition) is 1. The topological polar surface area (TPSA) is 64.1 Å². The number of anilines is 1. The van der Waals surface area contributed by atoms with Crippen molar-refractivity contribution < 1.29 is 9.53 Å². The standard InChI is InChI=1S/C20H21N3O2S2/c1-2-25-17-11-7-6-10-16(17)12-13-18(24)21-19-22-23-20(27-19)26-14-15-8-4-3-5-9-15/h3-11H,2,12-14H2,1H3,(H,21,22,24). The average molecular weight is 400 g/mol. The highest BCUT2D eigenvalue weighted by Gasteiger charge is 2.10. The number of carbonyl (C=O) groups is 1. The minimum Gasteiger partial charge on any atom is -0.494 e. The summed E-state index contributed by atoms with van der Waals surface area (Å²) >= 11 is 3.01. The van der Waals surface area contributed by atoms with Gasteiger partial charge < -0.3 is 10.1 Å². The van der Waals surface area contributed by atoms with Crippen LogP contribution in [-0.2, 0) is 17.0 Å². The second kappa shape index (κ2) is 10.1. The van der Waals surface area contributed by atoms with E-state index in [0.717, 1.165) is 21.4 Å². The summed E-state index contributed by atoms with van der Waals surface area (Å²) in [7, 11) is 0. The fourth-order valence-corrected chi connectivity index (χ4v) is 4.20. The van der Waals surface area contributed by atoms with Crippen LogP contribution in [0.2, 0.25) is 0 Å². The van der Waals surface area contributed by atoms with E-state index in [-0.39, 0.29) is 5.91 Å². The zero-order valence-electron chi connectivity index (χ0n) is 15.1. The monoisotopic (exact) mass is 399 g/mol. The van der Waals surface area contributed by atoms with Gasteiger partial charge >= 0.3 is 0 Å². The van der Waals surface area contributed by atoms with E-state index in [2.05, 4.69) is 27.6 Å². The predicted octanol–water partition coefficient (Wildman–Crippen LogP) is 4.80. The molecular formula is C20H21N3O2S2. The molecule has 0 saturated carbocycles. The van der Waals surface area contributed by atoms with Gasteiger partial charge in [0.05, 0.1) is 6.61 Å². The fourth-order valence-electron chi connectivity index (χ4n) is 2.47. The maximum atomic E-state index is 12.2. The van der Waals surface area contributed by atoms with Crippen LogP contribution in [0.4, 0.5) is 5.13 Å². The number of amides is 1. The number of nitrogens with zero attached hydrogens (tertiary/aromatic N) is 2. The fraction of sp³-hybridized carbons (Fsp3) is 0.250. The molecule has 1 amide bonds. The van der Waals surface area contributed by atoms with Crippen molar-refractivity contribution in [1.29, 1.82) is 0 Å². The van der Waals surface area contributed by atoms with Crippen LogP contribution in [0.15, 0.2) is 58.9 Å². The van der Waals surface area contributed by atoms with Crippen molar-refractivity contribution in [2.24, 2.45) is 0 Å². The molecule has 7 heteroatoms. The molecule has 0 bridgehead atoms. The zero-order valence-corrected chi connectivity index (χ0v) is 16.7. The Labute approximate surface area is 167 Å². The molecule has 0 saturated heterocycles. The lowest BCUT2D eigenvalue weighted by Gasteiger charge is -2.09. The van der Waals surface area contributed by atoms with Gasteiger partial charge in [-0.3, -0.25) is 4.79 Å². The molecule has 0 aliphatic carbocycles. The van der Waals surface area contributed by atoms with Crippen molar-refractivity contribution in [3.63, 3.8) is 0 Å². The van der Waals surface area contributed by atoms with Crippen molar-refractivity contribution in [1.82, 2.24) is 10.2 Å². The Morgan fingerprint density at radius 1 is 1.11 bits per heavy atom. The Kier molecular flexibility index (Phi) is 7.24. The molecule has 0 radical (unpaired) electrons. The molecule has 3 rings (SSSR count). The molecule has 5 nitrogen and oxygen atoms in total. The minimum absolute atomic E-state index is 0.0722. The predicted molar refractivity (Wildman–Crippen MR) is 110 cm³/mol. The van der Waals surface area contributed by atoms with Gasteiger partial charge in [-0.2, -0.15) is 0 Å². The summed E-state index contributed by atoms with van der Waals surface area (Å²) in [5, 5.41) is 11.6. The molecule has 1 aromatic heterocycles. The first kappa shape index (κ1) is 19.4. The van der Waals surface area contributed by atoms with Crippen LogP contribution in [-0.4, -0.2) is 22.7 Å². The molecule has 0 aliphatic heterocycles. The molecule has 3 aromatic rings. The second-order valence-electron chi connectivity index (χ2n) is 5.74. The summed E-state index contributed by atoms with van der Waals surface area (Å²) in [6, 6.07) is 18.0. The van der Waals surface area contributed by atoms with E-state index in [0.29, 0.717) is 24.6 Å². The molecule has 140 valence electrons. The third-order valence-corrected chi connectivity index (χ3v) is 5.79. The van der Waals surface area contributed by atoms with Crippen molar-refractivity contribution in [3.8, 4) is 5.75 Å². The number of aromatic nitrogens is 2. The normalized spacial score (nSPS) is 10.6. The maximum absolute atomic E-state index is 12.2. The van der Waals surface area contributed by atoms with E-state index in [4.69, 9.17) is 4.74 Å². The Morgan fingerprint density at radius 3 is 2.70 bits per heavy atom. The molecule has 0 aliphatic rings. The summed E-state index contributed by atoms with van der Waals surface area (Å²) in [5.41, 5.74) is 2.27. The number of ether oxygens (including phenoxy) is 1. The van der Waals surface area contributed by atoms with Crippen molar-refractivity contribution in [2.75, 3.05) is 11.9 Å². The molecule has 2 aromatic carbocycles. The van der Waals surface area contributed by atoms with E-state index in [1.165, 1.54) is 16.9 Å². The average Bonchev–Trinajstić information content (AvgIpc) is 3.14. The van der Waals surface area contributed by atoms with Gasteiger partial charge in [-0.25, -0.2) is 0 Å². The Balaban J connectivity index is 1.48. The SMILES string of the molecule is CCOc1ccccc1CCC(=O)Nc1nnc(SCc2ccccc2)s1. The van der Waals surface area contributed by atoms with E-state index in [9.17, 15) is 4.79 Å². The van der Waals surface area contributed by atoms with Crippen LogP contribution in [0.1, 0.15) is 24.5 Å². The Morgan fingerprint density at radius 2 is 1.89 bits per heavy atom. The first-order valence-electron chi connectivity index (χ1n) is 8.75. The highest BCUT2D eigenvalue weighted by atomic mass is 32.2. The minimum atomic E-state index is -0.0722.